The Bertz CT molecular complexity index is 558. The maximum absolute atomic E-state index is 9.21. The van der Waals surface area contributed by atoms with E-state index in [1.807, 2.05) is 11.9 Å². The molecule has 0 spiro atoms. The van der Waals surface area contributed by atoms with E-state index in [4.69, 9.17) is 5.26 Å². The number of aromatic nitrogens is 1. The molecule has 0 atom stereocenters. The molecule has 0 saturated carbocycles. The van der Waals surface area contributed by atoms with Gasteiger partial charge in [0.15, 0.2) is 0 Å². The van der Waals surface area contributed by atoms with Gasteiger partial charge in [0.2, 0.25) is 0 Å². The molecule has 1 N–H and O–H groups in total. The van der Waals surface area contributed by atoms with E-state index in [1.165, 1.54) is 0 Å². The second-order valence-electron chi connectivity index (χ2n) is 3.59. The van der Waals surface area contributed by atoms with Crippen LogP contribution in [-0.4, -0.2) is 17.1 Å². The normalized spacial score (nSPS) is 9.65. The van der Waals surface area contributed by atoms with Gasteiger partial charge in [-0.2, -0.15) is 5.26 Å². The third kappa shape index (κ3) is 2.34. The van der Waals surface area contributed by atoms with Gasteiger partial charge in [-0.05, 0) is 36.4 Å². The summed E-state index contributed by atoms with van der Waals surface area (Å²) in [6.45, 7) is 0. The summed E-state index contributed by atoms with van der Waals surface area (Å²) >= 11 is 0. The highest BCUT2D eigenvalue weighted by Crippen LogP contribution is 2.23. The zero-order valence-corrected chi connectivity index (χ0v) is 9.33. The summed E-state index contributed by atoms with van der Waals surface area (Å²) in [6.07, 6.45) is 1.60. The predicted molar refractivity (Wildman–Crippen MR) is 65.1 cm³/mol. The molecule has 1 aromatic heterocycles. The van der Waals surface area contributed by atoms with Crippen molar-refractivity contribution >= 4 is 11.5 Å². The summed E-state index contributed by atoms with van der Waals surface area (Å²) < 4.78 is 0. The molecule has 0 radical (unpaired) electrons. The van der Waals surface area contributed by atoms with Gasteiger partial charge in [0, 0.05) is 18.9 Å². The van der Waals surface area contributed by atoms with E-state index in [0.29, 0.717) is 11.4 Å². The Labute approximate surface area is 99.4 Å². The van der Waals surface area contributed by atoms with E-state index in [-0.39, 0.29) is 5.75 Å². The fourth-order valence-corrected chi connectivity index (χ4v) is 1.48. The van der Waals surface area contributed by atoms with Crippen LogP contribution in [0.4, 0.5) is 11.5 Å². The number of benzene rings is 1. The maximum atomic E-state index is 9.21. The van der Waals surface area contributed by atoms with Crippen LogP contribution in [0.3, 0.4) is 0 Å². The minimum Gasteiger partial charge on any atom is -0.508 e. The van der Waals surface area contributed by atoms with Gasteiger partial charge in [-0.1, -0.05) is 0 Å². The second-order valence-corrected chi connectivity index (χ2v) is 3.59. The van der Waals surface area contributed by atoms with Gasteiger partial charge in [0.1, 0.15) is 11.6 Å². The lowest BCUT2D eigenvalue weighted by Crippen LogP contribution is -2.10. The van der Waals surface area contributed by atoms with Crippen LogP contribution >= 0.6 is 0 Å². The molecule has 0 amide bonds. The van der Waals surface area contributed by atoms with Crippen LogP contribution in [0.15, 0.2) is 42.6 Å². The van der Waals surface area contributed by atoms with E-state index in [2.05, 4.69) is 11.1 Å². The number of anilines is 2. The van der Waals surface area contributed by atoms with E-state index < -0.39 is 0 Å². The minimum atomic E-state index is 0.223. The molecule has 0 fully saturated rings. The van der Waals surface area contributed by atoms with Gasteiger partial charge in [-0.3, -0.25) is 0 Å². The van der Waals surface area contributed by atoms with Crippen LogP contribution in [0.5, 0.6) is 5.75 Å². The molecule has 0 aliphatic rings. The predicted octanol–water partition coefficient (Wildman–Crippen LogP) is 2.43. The zero-order valence-electron chi connectivity index (χ0n) is 9.33. The number of aromatic hydroxyl groups is 1. The Balaban J connectivity index is 2.33. The third-order valence-electron chi connectivity index (χ3n) is 2.46. The Morgan fingerprint density at radius 3 is 2.59 bits per heavy atom. The van der Waals surface area contributed by atoms with E-state index in [0.717, 1.165) is 5.69 Å². The van der Waals surface area contributed by atoms with E-state index in [9.17, 15) is 5.11 Å². The van der Waals surface area contributed by atoms with Crippen LogP contribution < -0.4 is 4.90 Å². The third-order valence-corrected chi connectivity index (χ3v) is 2.46. The summed E-state index contributed by atoms with van der Waals surface area (Å²) in [4.78, 5) is 6.05. The van der Waals surface area contributed by atoms with Crippen molar-refractivity contribution in [1.82, 2.24) is 4.98 Å². The van der Waals surface area contributed by atoms with Crippen LogP contribution in [0, 0.1) is 11.3 Å². The Morgan fingerprint density at radius 2 is 1.94 bits per heavy atom. The molecule has 4 heteroatoms. The monoisotopic (exact) mass is 225 g/mol. The first-order valence-electron chi connectivity index (χ1n) is 5.09. The lowest BCUT2D eigenvalue weighted by Gasteiger charge is -2.18. The minimum absolute atomic E-state index is 0.223. The molecule has 0 aliphatic carbocycles. The molecule has 0 saturated heterocycles. The highest BCUT2D eigenvalue weighted by Gasteiger charge is 2.05. The lowest BCUT2D eigenvalue weighted by molar-refractivity contribution is 0.475. The SMILES string of the molecule is CN(c1ccc(O)cc1)c1cc(C#N)ccn1. The maximum Gasteiger partial charge on any atom is 0.133 e. The van der Waals surface area contributed by atoms with Gasteiger partial charge in [0.25, 0.3) is 0 Å². The Morgan fingerprint density at radius 1 is 1.24 bits per heavy atom. The zero-order chi connectivity index (χ0) is 12.3. The molecule has 1 heterocycles. The topological polar surface area (TPSA) is 60.1 Å². The van der Waals surface area contributed by atoms with Crippen molar-refractivity contribution < 1.29 is 5.11 Å². The first-order chi connectivity index (χ1) is 8.20. The molecule has 4 nitrogen and oxygen atoms in total. The van der Waals surface area contributed by atoms with Crippen LogP contribution in [0.25, 0.3) is 0 Å². The number of phenolic OH excluding ortho intramolecular Hbond substituents is 1. The second kappa shape index (κ2) is 4.54. The van der Waals surface area contributed by atoms with Crippen molar-refractivity contribution in [2.75, 3.05) is 11.9 Å². The molecule has 17 heavy (non-hydrogen) atoms. The van der Waals surface area contributed by atoms with Crippen LogP contribution in [0.2, 0.25) is 0 Å². The van der Waals surface area contributed by atoms with Crippen molar-refractivity contribution in [3.8, 4) is 11.8 Å². The summed E-state index contributed by atoms with van der Waals surface area (Å²) in [7, 11) is 1.86. The fraction of sp³-hybridized carbons (Fsp3) is 0.0769. The first kappa shape index (κ1) is 11.0. The number of phenols is 1. The van der Waals surface area contributed by atoms with Gasteiger partial charge in [-0.25, -0.2) is 4.98 Å². The molecule has 2 aromatic rings. The molecule has 0 aliphatic heterocycles. The van der Waals surface area contributed by atoms with E-state index >= 15 is 0 Å². The average Bonchev–Trinajstić information content (AvgIpc) is 2.39. The highest BCUT2D eigenvalue weighted by molar-refractivity contribution is 5.60. The van der Waals surface area contributed by atoms with Crippen molar-refractivity contribution in [2.45, 2.75) is 0 Å². The van der Waals surface area contributed by atoms with Gasteiger partial charge >= 0.3 is 0 Å². The quantitative estimate of drug-likeness (QED) is 0.852. The molecular weight excluding hydrogens is 214 g/mol. The van der Waals surface area contributed by atoms with Gasteiger partial charge < -0.3 is 10.0 Å². The standard InChI is InChI=1S/C13H11N3O/c1-16(11-2-4-12(17)5-3-11)13-8-10(9-14)6-7-15-13/h2-8,17H,1H3. The number of hydrogen-bond acceptors (Lipinski definition) is 4. The highest BCUT2D eigenvalue weighted by atomic mass is 16.3. The number of hydrogen-bond donors (Lipinski definition) is 1. The Kier molecular flexibility index (Phi) is 2.93. The van der Waals surface area contributed by atoms with E-state index in [1.54, 1.807) is 42.6 Å². The van der Waals surface area contributed by atoms with Crippen molar-refractivity contribution in [3.05, 3.63) is 48.2 Å². The summed E-state index contributed by atoms with van der Waals surface area (Å²) in [5.74, 6) is 0.913. The van der Waals surface area contributed by atoms with Crippen molar-refractivity contribution in [1.29, 1.82) is 5.26 Å². The summed E-state index contributed by atoms with van der Waals surface area (Å²) in [5.41, 5.74) is 1.46. The van der Waals surface area contributed by atoms with Crippen molar-refractivity contribution in [2.24, 2.45) is 0 Å². The number of nitriles is 1. The van der Waals surface area contributed by atoms with Crippen LogP contribution in [0.1, 0.15) is 5.56 Å². The first-order valence-corrected chi connectivity index (χ1v) is 5.09. The summed E-state index contributed by atoms with van der Waals surface area (Å²) in [6, 6.07) is 12.2. The van der Waals surface area contributed by atoms with Crippen molar-refractivity contribution in [3.63, 3.8) is 0 Å². The number of nitrogens with zero attached hydrogens (tertiary/aromatic N) is 3. The fourth-order valence-electron chi connectivity index (χ4n) is 1.48. The van der Waals surface area contributed by atoms with Gasteiger partial charge in [0.05, 0.1) is 11.6 Å². The summed E-state index contributed by atoms with van der Waals surface area (Å²) in [5, 5.41) is 18.0. The van der Waals surface area contributed by atoms with Gasteiger partial charge in [-0.15, -0.1) is 0 Å². The molecule has 1 aromatic carbocycles. The van der Waals surface area contributed by atoms with Crippen LogP contribution in [-0.2, 0) is 0 Å². The molecular formula is C13H11N3O. The molecule has 0 unspecified atom stereocenters. The average molecular weight is 225 g/mol. The Hall–Kier alpha value is -2.54. The lowest BCUT2D eigenvalue weighted by atomic mass is 10.2. The molecule has 2 rings (SSSR count). The smallest absolute Gasteiger partial charge is 0.133 e. The molecule has 84 valence electrons. The number of rotatable bonds is 2. The largest absolute Gasteiger partial charge is 0.508 e. The number of pyridine rings is 1. The molecule has 0 bridgehead atoms.